The Hall–Kier alpha value is -1.83. The summed E-state index contributed by atoms with van der Waals surface area (Å²) in [6.45, 7) is 2.82. The van der Waals surface area contributed by atoms with Crippen LogP contribution in [0.1, 0.15) is 12.7 Å². The molecule has 112 valence electrons. The first-order valence-corrected chi connectivity index (χ1v) is 7.72. The number of nitrogen functional groups attached to an aromatic ring is 1. The van der Waals surface area contributed by atoms with Gasteiger partial charge in [0.05, 0.1) is 0 Å². The Bertz CT molecular complexity index is 595. The Morgan fingerprint density at radius 3 is 2.81 bits per heavy atom. The molecule has 6 nitrogen and oxygen atoms in total. The van der Waals surface area contributed by atoms with Crippen molar-refractivity contribution in [1.82, 2.24) is 9.97 Å². The van der Waals surface area contributed by atoms with Crippen LogP contribution in [0.5, 0.6) is 11.6 Å². The Morgan fingerprint density at radius 2 is 2.10 bits per heavy atom. The van der Waals surface area contributed by atoms with Crippen molar-refractivity contribution >= 4 is 17.6 Å². The van der Waals surface area contributed by atoms with E-state index in [1.54, 1.807) is 17.8 Å². The zero-order chi connectivity index (χ0) is 15.1. The molecule has 0 fully saturated rings. The van der Waals surface area contributed by atoms with Gasteiger partial charge in [-0.25, -0.2) is 10.8 Å². The summed E-state index contributed by atoms with van der Waals surface area (Å²) in [6.07, 6.45) is 2.00. The van der Waals surface area contributed by atoms with Gasteiger partial charge >= 0.3 is 0 Å². The molecule has 0 aliphatic carbocycles. The summed E-state index contributed by atoms with van der Waals surface area (Å²) in [5.41, 5.74) is 2.51. The van der Waals surface area contributed by atoms with Gasteiger partial charge in [0.25, 0.3) is 0 Å². The Kier molecular flexibility index (Phi) is 5.79. The number of hydrogen-bond donors (Lipinski definition) is 2. The van der Waals surface area contributed by atoms with Gasteiger partial charge in [-0.1, -0.05) is 12.1 Å². The molecule has 0 aliphatic heterocycles. The Balaban J connectivity index is 2.25. The fourth-order valence-electron chi connectivity index (χ4n) is 1.67. The Morgan fingerprint density at radius 1 is 1.29 bits per heavy atom. The first-order chi connectivity index (χ1) is 10.3. The average Bonchev–Trinajstić information content (AvgIpc) is 2.53. The lowest BCUT2D eigenvalue weighted by Crippen LogP contribution is -2.11. The van der Waals surface area contributed by atoms with Gasteiger partial charge in [-0.3, -0.25) is 0 Å². The number of nitrogens with two attached hydrogens (primary N) is 1. The monoisotopic (exact) mass is 306 g/mol. The van der Waals surface area contributed by atoms with Crippen LogP contribution in [0.3, 0.4) is 0 Å². The summed E-state index contributed by atoms with van der Waals surface area (Å²) in [7, 11) is 0. The summed E-state index contributed by atoms with van der Waals surface area (Å²) in [4.78, 5) is 9.57. The maximum absolute atomic E-state index is 5.84. The van der Waals surface area contributed by atoms with Crippen molar-refractivity contribution in [2.45, 2.75) is 18.4 Å². The quantitative estimate of drug-likeness (QED) is 0.462. The van der Waals surface area contributed by atoms with Crippen LogP contribution in [-0.2, 0) is 11.3 Å². The number of anilines is 1. The van der Waals surface area contributed by atoms with E-state index in [4.69, 9.17) is 15.3 Å². The number of nitrogens with one attached hydrogen (secondary N) is 1. The molecule has 0 saturated heterocycles. The molecule has 0 aliphatic rings. The standard InChI is InChI=1S/C14H18N4O2S/c1-3-19-9-13-16-12(18-15)8-14(17-13)20-10-6-4-5-7-11(10)21-2/h4-8H,3,9,15H2,1-2H3,(H,16,17,18). The normalized spacial score (nSPS) is 10.4. The molecule has 3 N–H and O–H groups in total. The van der Waals surface area contributed by atoms with Gasteiger partial charge in [-0.2, -0.15) is 4.98 Å². The smallest absolute Gasteiger partial charge is 0.224 e. The van der Waals surface area contributed by atoms with Crippen LogP contribution in [0, 0.1) is 0 Å². The second-order valence-corrected chi connectivity index (χ2v) is 4.89. The van der Waals surface area contributed by atoms with E-state index in [2.05, 4.69) is 15.4 Å². The molecule has 2 aromatic rings. The number of hydrazine groups is 1. The molecule has 0 amide bonds. The second-order valence-electron chi connectivity index (χ2n) is 4.04. The molecule has 1 aromatic heterocycles. The number of aromatic nitrogens is 2. The lowest BCUT2D eigenvalue weighted by molar-refractivity contribution is 0.128. The minimum atomic E-state index is 0.312. The van der Waals surface area contributed by atoms with Gasteiger partial charge < -0.3 is 14.9 Å². The van der Waals surface area contributed by atoms with E-state index in [1.165, 1.54) is 0 Å². The molecule has 0 spiro atoms. The molecule has 0 radical (unpaired) electrons. The molecule has 1 heterocycles. The molecular formula is C14H18N4O2S. The number of ether oxygens (including phenoxy) is 2. The van der Waals surface area contributed by atoms with E-state index in [0.29, 0.717) is 30.7 Å². The van der Waals surface area contributed by atoms with Crippen LogP contribution >= 0.6 is 11.8 Å². The van der Waals surface area contributed by atoms with Crippen molar-refractivity contribution in [3.63, 3.8) is 0 Å². The number of benzene rings is 1. The molecular weight excluding hydrogens is 288 g/mol. The number of rotatable bonds is 7. The Labute approximate surface area is 128 Å². The van der Waals surface area contributed by atoms with E-state index in [-0.39, 0.29) is 0 Å². The predicted molar refractivity (Wildman–Crippen MR) is 83.5 cm³/mol. The number of para-hydroxylation sites is 1. The minimum Gasteiger partial charge on any atom is -0.438 e. The summed E-state index contributed by atoms with van der Waals surface area (Å²) in [5.74, 6) is 7.59. The highest BCUT2D eigenvalue weighted by molar-refractivity contribution is 7.98. The number of hydrogen-bond acceptors (Lipinski definition) is 7. The van der Waals surface area contributed by atoms with Gasteiger partial charge in [0.1, 0.15) is 18.2 Å². The van der Waals surface area contributed by atoms with Crippen LogP contribution < -0.4 is 16.0 Å². The minimum absolute atomic E-state index is 0.312. The molecule has 0 bridgehead atoms. The fraction of sp³-hybridized carbons (Fsp3) is 0.286. The highest BCUT2D eigenvalue weighted by Crippen LogP contribution is 2.31. The van der Waals surface area contributed by atoms with Crippen LogP contribution in [0.2, 0.25) is 0 Å². The molecule has 0 unspecified atom stereocenters. The number of thioether (sulfide) groups is 1. The second kappa shape index (κ2) is 7.82. The van der Waals surface area contributed by atoms with Crippen LogP contribution in [0.25, 0.3) is 0 Å². The van der Waals surface area contributed by atoms with Gasteiger partial charge in [-0.05, 0) is 25.3 Å². The van der Waals surface area contributed by atoms with Gasteiger partial charge in [-0.15, -0.1) is 11.8 Å². The van der Waals surface area contributed by atoms with Crippen molar-refractivity contribution in [3.8, 4) is 11.6 Å². The summed E-state index contributed by atoms with van der Waals surface area (Å²) >= 11 is 1.61. The van der Waals surface area contributed by atoms with Crippen molar-refractivity contribution in [3.05, 3.63) is 36.2 Å². The van der Waals surface area contributed by atoms with E-state index in [9.17, 15) is 0 Å². The maximum Gasteiger partial charge on any atom is 0.224 e. The third-order valence-electron chi connectivity index (χ3n) is 2.62. The maximum atomic E-state index is 5.84. The van der Waals surface area contributed by atoms with Crippen molar-refractivity contribution in [2.24, 2.45) is 5.84 Å². The average molecular weight is 306 g/mol. The first-order valence-electron chi connectivity index (χ1n) is 6.50. The van der Waals surface area contributed by atoms with Gasteiger partial charge in [0.2, 0.25) is 5.88 Å². The van der Waals surface area contributed by atoms with Gasteiger partial charge in [0.15, 0.2) is 5.82 Å². The SMILES string of the molecule is CCOCc1nc(NN)cc(Oc2ccccc2SC)n1. The van der Waals surface area contributed by atoms with E-state index in [0.717, 1.165) is 10.6 Å². The third-order valence-corrected chi connectivity index (χ3v) is 3.39. The molecule has 0 atom stereocenters. The summed E-state index contributed by atoms with van der Waals surface area (Å²) < 4.78 is 11.2. The zero-order valence-corrected chi connectivity index (χ0v) is 12.8. The van der Waals surface area contributed by atoms with Gasteiger partial charge in [0, 0.05) is 17.6 Å². The molecule has 7 heteroatoms. The van der Waals surface area contributed by atoms with Crippen LogP contribution in [-0.4, -0.2) is 22.8 Å². The van der Waals surface area contributed by atoms with E-state index in [1.807, 2.05) is 37.4 Å². The predicted octanol–water partition coefficient (Wildman–Crippen LogP) is 2.81. The van der Waals surface area contributed by atoms with Crippen molar-refractivity contribution < 1.29 is 9.47 Å². The summed E-state index contributed by atoms with van der Waals surface area (Å²) in [6, 6.07) is 9.41. The topological polar surface area (TPSA) is 82.3 Å². The zero-order valence-electron chi connectivity index (χ0n) is 12.0. The lowest BCUT2D eigenvalue weighted by Gasteiger charge is -2.11. The highest BCUT2D eigenvalue weighted by atomic mass is 32.2. The molecule has 2 rings (SSSR count). The van der Waals surface area contributed by atoms with Crippen molar-refractivity contribution in [2.75, 3.05) is 18.3 Å². The fourth-order valence-corrected chi connectivity index (χ4v) is 2.20. The molecule has 21 heavy (non-hydrogen) atoms. The van der Waals surface area contributed by atoms with Crippen LogP contribution in [0.15, 0.2) is 35.2 Å². The summed E-state index contributed by atoms with van der Waals surface area (Å²) in [5, 5.41) is 0. The third kappa shape index (κ3) is 4.32. The molecule has 1 aromatic carbocycles. The van der Waals surface area contributed by atoms with Crippen LogP contribution in [0.4, 0.5) is 5.82 Å². The number of nitrogens with zero attached hydrogens (tertiary/aromatic N) is 2. The highest BCUT2D eigenvalue weighted by Gasteiger charge is 2.08. The molecule has 0 saturated carbocycles. The largest absolute Gasteiger partial charge is 0.438 e. The lowest BCUT2D eigenvalue weighted by atomic mass is 10.3. The van der Waals surface area contributed by atoms with Crippen molar-refractivity contribution in [1.29, 1.82) is 0 Å². The van der Waals surface area contributed by atoms with E-state index < -0.39 is 0 Å². The first kappa shape index (κ1) is 15.6. The van der Waals surface area contributed by atoms with E-state index >= 15 is 0 Å².